The van der Waals surface area contributed by atoms with Crippen LogP contribution in [0.5, 0.6) is 0 Å². The summed E-state index contributed by atoms with van der Waals surface area (Å²) in [5.41, 5.74) is 18.3. The minimum atomic E-state index is -0.489. The molecular formula is C52H39N. The van der Waals surface area contributed by atoms with Gasteiger partial charge in [-0.15, -0.1) is 0 Å². The van der Waals surface area contributed by atoms with Crippen molar-refractivity contribution in [1.82, 2.24) is 0 Å². The number of fused-ring (bicyclic) bond motifs is 6. The van der Waals surface area contributed by atoms with Gasteiger partial charge in [-0.2, -0.15) is 0 Å². The maximum Gasteiger partial charge on any atom is 0.0714 e. The van der Waals surface area contributed by atoms with Gasteiger partial charge >= 0.3 is 0 Å². The monoisotopic (exact) mass is 677 g/mol. The van der Waals surface area contributed by atoms with Crippen LogP contribution in [0.25, 0.3) is 33.4 Å². The van der Waals surface area contributed by atoms with E-state index < -0.39 is 5.41 Å². The summed E-state index contributed by atoms with van der Waals surface area (Å²) in [5.74, 6) is 0. The summed E-state index contributed by atoms with van der Waals surface area (Å²) in [6.45, 7) is 4.73. The maximum absolute atomic E-state index is 2.49. The second-order valence-corrected chi connectivity index (χ2v) is 14.9. The summed E-state index contributed by atoms with van der Waals surface area (Å²) < 4.78 is 0. The maximum atomic E-state index is 2.49. The molecule has 0 atom stereocenters. The van der Waals surface area contributed by atoms with Crippen LogP contribution >= 0.6 is 0 Å². The first-order valence-electron chi connectivity index (χ1n) is 18.6. The van der Waals surface area contributed by atoms with E-state index in [1.165, 1.54) is 66.8 Å². The predicted octanol–water partition coefficient (Wildman–Crippen LogP) is 13.5. The zero-order chi connectivity index (χ0) is 35.6. The summed E-state index contributed by atoms with van der Waals surface area (Å²) in [6.07, 6.45) is 0. The Morgan fingerprint density at radius 1 is 0.340 bits per heavy atom. The average Bonchev–Trinajstić information content (AvgIpc) is 3.64. The number of benzene rings is 8. The van der Waals surface area contributed by atoms with Crippen molar-refractivity contribution in [2.45, 2.75) is 24.7 Å². The van der Waals surface area contributed by atoms with Gasteiger partial charge in [0.05, 0.1) is 11.1 Å². The number of nitrogens with zero attached hydrogens (tertiary/aromatic N) is 1. The summed E-state index contributed by atoms with van der Waals surface area (Å²) in [6, 6.07) is 74.0. The van der Waals surface area contributed by atoms with Gasteiger partial charge in [-0.05, 0) is 91.5 Å². The second-order valence-electron chi connectivity index (χ2n) is 14.9. The predicted molar refractivity (Wildman–Crippen MR) is 221 cm³/mol. The third kappa shape index (κ3) is 4.64. The van der Waals surface area contributed by atoms with Crippen LogP contribution in [0.2, 0.25) is 0 Å². The van der Waals surface area contributed by atoms with E-state index in [1.54, 1.807) is 0 Å². The molecule has 0 N–H and O–H groups in total. The van der Waals surface area contributed by atoms with Crippen molar-refractivity contribution in [3.63, 3.8) is 0 Å². The van der Waals surface area contributed by atoms with Crippen molar-refractivity contribution in [3.8, 4) is 33.4 Å². The first kappa shape index (κ1) is 31.3. The Balaban J connectivity index is 1.26. The molecule has 0 unspecified atom stereocenters. The normalized spacial score (nSPS) is 14.2. The SMILES string of the molecule is CC1(C)c2ccccc2-c2ccc(N(c3ccc4c(c3)C(c3ccccc3)(c3ccccc3)c3ccccc3-4)c3ccccc3-c3ccccc3)cc21. The molecule has 53 heavy (non-hydrogen) atoms. The molecule has 0 bridgehead atoms. The molecule has 2 aliphatic carbocycles. The second kappa shape index (κ2) is 12.1. The van der Waals surface area contributed by atoms with Gasteiger partial charge in [0, 0.05) is 22.4 Å². The highest BCUT2D eigenvalue weighted by Crippen LogP contribution is 2.58. The molecule has 1 nitrogen and oxygen atoms in total. The van der Waals surface area contributed by atoms with Gasteiger partial charge in [-0.1, -0.05) is 184 Å². The summed E-state index contributed by atoms with van der Waals surface area (Å²) in [5, 5.41) is 0. The Bertz CT molecular complexity index is 2600. The first-order valence-corrected chi connectivity index (χ1v) is 18.6. The molecule has 0 radical (unpaired) electrons. The molecule has 1 heteroatoms. The van der Waals surface area contributed by atoms with E-state index in [9.17, 15) is 0 Å². The molecule has 0 aromatic heterocycles. The molecule has 0 saturated carbocycles. The smallest absolute Gasteiger partial charge is 0.0714 e. The topological polar surface area (TPSA) is 3.24 Å². The standard InChI is InChI=1S/C52H39N/c1-51(2)46-27-15-12-25-42(46)44-32-30-39(34-48(44)51)53(50-29-17-14-24-41(50)36-18-6-3-7-19-36)40-31-33-45-43-26-13-16-28-47(43)52(49(45)35-40,37-20-8-4-9-21-37)38-22-10-5-11-23-38/h3-35H,1-2H3. The number of para-hydroxylation sites is 1. The minimum Gasteiger partial charge on any atom is -0.310 e. The highest BCUT2D eigenvalue weighted by molar-refractivity contribution is 5.93. The van der Waals surface area contributed by atoms with Crippen LogP contribution in [-0.2, 0) is 10.8 Å². The highest BCUT2D eigenvalue weighted by atomic mass is 15.1. The molecule has 0 heterocycles. The Morgan fingerprint density at radius 2 is 0.774 bits per heavy atom. The molecule has 0 aliphatic heterocycles. The van der Waals surface area contributed by atoms with Crippen molar-refractivity contribution in [2.75, 3.05) is 4.90 Å². The van der Waals surface area contributed by atoms with E-state index in [0.29, 0.717) is 0 Å². The molecule has 10 rings (SSSR count). The fraction of sp³-hybridized carbons (Fsp3) is 0.0769. The lowest BCUT2D eigenvalue weighted by molar-refractivity contribution is 0.660. The quantitative estimate of drug-likeness (QED) is 0.169. The van der Waals surface area contributed by atoms with Gasteiger partial charge in [0.15, 0.2) is 0 Å². The fourth-order valence-corrected chi connectivity index (χ4v) is 9.36. The Kier molecular flexibility index (Phi) is 7.13. The van der Waals surface area contributed by atoms with Crippen molar-refractivity contribution in [3.05, 3.63) is 234 Å². The van der Waals surface area contributed by atoms with E-state index in [-0.39, 0.29) is 5.41 Å². The Morgan fingerprint density at radius 3 is 1.40 bits per heavy atom. The number of hydrogen-bond donors (Lipinski definition) is 0. The van der Waals surface area contributed by atoms with Gasteiger partial charge in [0.2, 0.25) is 0 Å². The summed E-state index contributed by atoms with van der Waals surface area (Å²) in [7, 11) is 0. The fourth-order valence-electron chi connectivity index (χ4n) is 9.36. The van der Waals surface area contributed by atoms with E-state index >= 15 is 0 Å². The molecule has 2 aliphatic rings. The lowest BCUT2D eigenvalue weighted by Gasteiger charge is -2.35. The molecule has 0 amide bonds. The zero-order valence-corrected chi connectivity index (χ0v) is 30.0. The van der Waals surface area contributed by atoms with Gasteiger partial charge < -0.3 is 4.90 Å². The number of rotatable bonds is 6. The highest BCUT2D eigenvalue weighted by Gasteiger charge is 2.46. The molecule has 0 spiro atoms. The van der Waals surface area contributed by atoms with Crippen molar-refractivity contribution >= 4 is 17.1 Å². The molecule has 0 fully saturated rings. The molecular weight excluding hydrogens is 639 g/mol. The lowest BCUT2D eigenvalue weighted by Crippen LogP contribution is -2.28. The van der Waals surface area contributed by atoms with Gasteiger partial charge in [-0.3, -0.25) is 0 Å². The molecule has 252 valence electrons. The van der Waals surface area contributed by atoms with E-state index in [0.717, 1.165) is 17.1 Å². The van der Waals surface area contributed by atoms with E-state index in [2.05, 4.69) is 219 Å². The van der Waals surface area contributed by atoms with E-state index in [4.69, 9.17) is 0 Å². The van der Waals surface area contributed by atoms with Gasteiger partial charge in [0.25, 0.3) is 0 Å². The lowest BCUT2D eigenvalue weighted by atomic mass is 9.67. The van der Waals surface area contributed by atoms with Crippen LogP contribution in [0.3, 0.4) is 0 Å². The van der Waals surface area contributed by atoms with Crippen molar-refractivity contribution in [1.29, 1.82) is 0 Å². The number of anilines is 3. The summed E-state index contributed by atoms with van der Waals surface area (Å²) in [4.78, 5) is 2.49. The Labute approximate surface area is 312 Å². The van der Waals surface area contributed by atoms with Crippen molar-refractivity contribution in [2.24, 2.45) is 0 Å². The first-order chi connectivity index (χ1) is 26.1. The van der Waals surface area contributed by atoms with Crippen LogP contribution < -0.4 is 4.90 Å². The minimum absolute atomic E-state index is 0.123. The number of hydrogen-bond acceptors (Lipinski definition) is 1. The van der Waals surface area contributed by atoms with Gasteiger partial charge in [-0.25, -0.2) is 0 Å². The van der Waals surface area contributed by atoms with Crippen LogP contribution in [0.1, 0.15) is 47.2 Å². The van der Waals surface area contributed by atoms with Crippen LogP contribution in [-0.4, -0.2) is 0 Å². The summed E-state index contributed by atoms with van der Waals surface area (Å²) >= 11 is 0. The molecule has 8 aromatic carbocycles. The van der Waals surface area contributed by atoms with Crippen LogP contribution in [0.15, 0.2) is 200 Å². The van der Waals surface area contributed by atoms with Crippen LogP contribution in [0.4, 0.5) is 17.1 Å². The average molecular weight is 678 g/mol. The third-order valence-corrected chi connectivity index (χ3v) is 11.8. The largest absolute Gasteiger partial charge is 0.310 e. The van der Waals surface area contributed by atoms with Crippen LogP contribution in [0, 0.1) is 0 Å². The van der Waals surface area contributed by atoms with Crippen molar-refractivity contribution < 1.29 is 0 Å². The zero-order valence-electron chi connectivity index (χ0n) is 30.0. The molecule has 8 aromatic rings. The van der Waals surface area contributed by atoms with Gasteiger partial charge in [0.1, 0.15) is 0 Å². The third-order valence-electron chi connectivity index (χ3n) is 11.8. The molecule has 0 saturated heterocycles. The van der Waals surface area contributed by atoms with E-state index in [1.807, 2.05) is 0 Å². The Hall–Kier alpha value is -6.44.